The zero-order chi connectivity index (χ0) is 16.6. The summed E-state index contributed by atoms with van der Waals surface area (Å²) in [4.78, 5) is 11.7. The molecule has 1 aromatic heterocycles. The first-order valence-corrected chi connectivity index (χ1v) is 8.67. The first-order valence-electron chi connectivity index (χ1n) is 6.52. The number of nitrogens with zero attached hydrogens (tertiary/aromatic N) is 4. The Labute approximate surface area is 152 Å². The number of benzene rings is 1. The summed E-state index contributed by atoms with van der Waals surface area (Å²) >= 11 is 18.8. The summed E-state index contributed by atoms with van der Waals surface area (Å²) < 4.78 is 2.01. The molecule has 0 atom stereocenters. The molecule has 1 fully saturated rings. The highest BCUT2D eigenvalue weighted by molar-refractivity contribution is 8.23. The molecule has 0 unspecified atom stereocenters. The summed E-state index contributed by atoms with van der Waals surface area (Å²) in [6, 6.07) is 7.20. The van der Waals surface area contributed by atoms with Gasteiger partial charge in [0.25, 0.3) is 5.91 Å². The van der Waals surface area contributed by atoms with Gasteiger partial charge in [-0.2, -0.15) is 15.2 Å². The van der Waals surface area contributed by atoms with Gasteiger partial charge in [0.05, 0.1) is 28.9 Å². The lowest BCUT2D eigenvalue weighted by Gasteiger charge is -2.06. The average molecular weight is 385 g/mol. The maximum absolute atomic E-state index is 11.7. The topological polar surface area (TPSA) is 50.5 Å². The molecule has 1 aliphatic rings. The van der Waals surface area contributed by atoms with Gasteiger partial charge in [-0.25, -0.2) is 4.68 Å². The minimum Gasteiger partial charge on any atom is -0.272 e. The van der Waals surface area contributed by atoms with Crippen LogP contribution >= 0.6 is 47.2 Å². The van der Waals surface area contributed by atoms with Gasteiger partial charge in [-0.15, -0.1) is 0 Å². The maximum Gasteiger partial charge on any atom is 0.259 e. The second-order valence-electron chi connectivity index (χ2n) is 4.69. The summed E-state index contributed by atoms with van der Waals surface area (Å²) in [6.45, 7) is 1.81. The highest BCUT2D eigenvalue weighted by atomic mass is 35.5. The largest absolute Gasteiger partial charge is 0.272 e. The molecule has 0 radical (unpaired) electrons. The van der Waals surface area contributed by atoms with E-state index in [-0.39, 0.29) is 5.91 Å². The van der Waals surface area contributed by atoms with E-state index >= 15 is 0 Å². The van der Waals surface area contributed by atoms with Gasteiger partial charge in [0.1, 0.15) is 5.15 Å². The fourth-order valence-electron chi connectivity index (χ4n) is 2.01. The van der Waals surface area contributed by atoms with Gasteiger partial charge in [-0.05, 0) is 25.1 Å². The third kappa shape index (κ3) is 3.28. The smallest absolute Gasteiger partial charge is 0.259 e. The number of halogens is 2. The number of hydrazone groups is 1. The molecule has 3 rings (SSSR count). The number of carbonyl (C=O) groups is 1. The molecule has 0 spiro atoms. The number of thioether (sulfide) groups is 1. The fourth-order valence-corrected chi connectivity index (χ4v) is 3.48. The van der Waals surface area contributed by atoms with Gasteiger partial charge in [0.2, 0.25) is 0 Å². The molecule has 2 aromatic rings. The van der Waals surface area contributed by atoms with Crippen LogP contribution in [0.1, 0.15) is 11.3 Å². The maximum atomic E-state index is 11.7. The Morgan fingerprint density at radius 3 is 2.87 bits per heavy atom. The van der Waals surface area contributed by atoms with E-state index in [0.29, 0.717) is 31.5 Å². The number of aromatic nitrogens is 2. The molecule has 23 heavy (non-hydrogen) atoms. The van der Waals surface area contributed by atoms with Gasteiger partial charge in [-0.3, -0.25) is 4.79 Å². The molecule has 1 amide bonds. The molecule has 0 saturated carbocycles. The third-order valence-corrected chi connectivity index (χ3v) is 5.07. The van der Waals surface area contributed by atoms with E-state index in [1.54, 1.807) is 16.8 Å². The lowest BCUT2D eigenvalue weighted by Crippen LogP contribution is -2.22. The average Bonchev–Trinajstić information content (AvgIpc) is 2.98. The number of amides is 1. The van der Waals surface area contributed by atoms with Gasteiger partial charge in [0.15, 0.2) is 4.32 Å². The van der Waals surface area contributed by atoms with E-state index in [4.69, 9.17) is 35.4 Å². The number of thiocarbonyl (C=S) groups is 1. The molecule has 0 aliphatic carbocycles. The number of carbonyl (C=O) groups excluding carboxylic acids is 1. The number of rotatable bonds is 3. The molecule has 1 aromatic carbocycles. The zero-order valence-electron chi connectivity index (χ0n) is 11.9. The van der Waals surface area contributed by atoms with Crippen molar-refractivity contribution in [1.29, 1.82) is 0 Å². The van der Waals surface area contributed by atoms with E-state index in [1.165, 1.54) is 23.0 Å². The first kappa shape index (κ1) is 16.4. The van der Waals surface area contributed by atoms with E-state index in [2.05, 4.69) is 10.2 Å². The second-order valence-corrected chi connectivity index (χ2v) is 7.09. The summed E-state index contributed by atoms with van der Waals surface area (Å²) in [7, 11) is 0. The van der Waals surface area contributed by atoms with E-state index in [9.17, 15) is 4.79 Å². The van der Waals surface area contributed by atoms with E-state index in [0.717, 1.165) is 5.69 Å². The Balaban J connectivity index is 1.95. The van der Waals surface area contributed by atoms with E-state index in [1.807, 2.05) is 19.1 Å². The summed E-state index contributed by atoms with van der Waals surface area (Å²) in [5.41, 5.74) is 2.05. The highest BCUT2D eigenvalue weighted by Gasteiger charge is 2.26. The van der Waals surface area contributed by atoms with Crippen molar-refractivity contribution in [3.05, 3.63) is 45.7 Å². The molecule has 2 heterocycles. The predicted octanol–water partition coefficient (Wildman–Crippen LogP) is 3.68. The monoisotopic (exact) mass is 384 g/mol. The van der Waals surface area contributed by atoms with Crippen LogP contribution in [0.4, 0.5) is 0 Å². The van der Waals surface area contributed by atoms with Gasteiger partial charge >= 0.3 is 0 Å². The molecule has 0 bridgehead atoms. The normalized spacial score (nSPS) is 15.2. The molecule has 1 saturated heterocycles. The third-order valence-electron chi connectivity index (χ3n) is 3.13. The van der Waals surface area contributed by atoms with Crippen molar-refractivity contribution in [2.24, 2.45) is 5.10 Å². The Kier molecular flexibility index (Phi) is 4.72. The summed E-state index contributed by atoms with van der Waals surface area (Å²) in [6.07, 6.45) is 1.50. The van der Waals surface area contributed by atoms with Crippen LogP contribution in [0.5, 0.6) is 0 Å². The molecule has 118 valence electrons. The number of hydrogen-bond acceptors (Lipinski definition) is 5. The highest BCUT2D eigenvalue weighted by Crippen LogP contribution is 2.25. The van der Waals surface area contributed by atoms with Gasteiger partial charge < -0.3 is 0 Å². The van der Waals surface area contributed by atoms with Crippen molar-refractivity contribution in [3.8, 4) is 5.69 Å². The van der Waals surface area contributed by atoms with Crippen LogP contribution in [0.25, 0.3) is 5.69 Å². The van der Waals surface area contributed by atoms with Crippen LogP contribution < -0.4 is 0 Å². The van der Waals surface area contributed by atoms with Crippen molar-refractivity contribution >= 4 is 63.6 Å². The van der Waals surface area contributed by atoms with Crippen molar-refractivity contribution < 1.29 is 4.79 Å². The standard InChI is InChI=1S/C14H10Cl2N4OS2/c1-8-11(6-17-20-12(21)7-23-14(20)22)13(16)19(18-8)10-4-2-3-9(15)5-10/h2-6H,7H2,1H3/b17-6+. The minimum atomic E-state index is -0.146. The molecule has 0 N–H and O–H groups in total. The van der Waals surface area contributed by atoms with Gasteiger partial charge in [-0.1, -0.05) is 53.2 Å². The summed E-state index contributed by atoms with van der Waals surface area (Å²) in [5.74, 6) is 0.164. The minimum absolute atomic E-state index is 0.146. The van der Waals surface area contributed by atoms with Crippen LogP contribution in [-0.4, -0.2) is 37.0 Å². The second kappa shape index (κ2) is 6.60. The van der Waals surface area contributed by atoms with Crippen molar-refractivity contribution in [3.63, 3.8) is 0 Å². The quantitative estimate of drug-likeness (QED) is 0.598. The molecular formula is C14H10Cl2N4OS2. The number of hydrogen-bond donors (Lipinski definition) is 0. The van der Waals surface area contributed by atoms with Crippen LogP contribution in [0.15, 0.2) is 29.4 Å². The Hall–Kier alpha value is -1.41. The van der Waals surface area contributed by atoms with Gasteiger partial charge in [0, 0.05) is 5.02 Å². The van der Waals surface area contributed by atoms with Crippen LogP contribution in [-0.2, 0) is 4.79 Å². The van der Waals surface area contributed by atoms with Crippen molar-refractivity contribution in [2.45, 2.75) is 6.92 Å². The van der Waals surface area contributed by atoms with Crippen LogP contribution in [0, 0.1) is 6.92 Å². The molecule has 1 aliphatic heterocycles. The van der Waals surface area contributed by atoms with Crippen LogP contribution in [0.3, 0.4) is 0 Å². The molecule has 9 heteroatoms. The van der Waals surface area contributed by atoms with E-state index < -0.39 is 0 Å². The Morgan fingerprint density at radius 2 is 2.22 bits per heavy atom. The lowest BCUT2D eigenvalue weighted by atomic mass is 10.3. The van der Waals surface area contributed by atoms with Crippen molar-refractivity contribution in [2.75, 3.05) is 5.75 Å². The lowest BCUT2D eigenvalue weighted by molar-refractivity contribution is -0.123. The fraction of sp³-hybridized carbons (Fsp3) is 0.143. The molecular weight excluding hydrogens is 375 g/mol. The number of aryl methyl sites for hydroxylation is 1. The van der Waals surface area contributed by atoms with Crippen molar-refractivity contribution in [1.82, 2.24) is 14.8 Å². The Bertz CT molecular complexity index is 818. The zero-order valence-corrected chi connectivity index (χ0v) is 15.0. The Morgan fingerprint density at radius 1 is 1.43 bits per heavy atom. The summed E-state index contributed by atoms with van der Waals surface area (Å²) in [5, 5.41) is 10.7. The van der Waals surface area contributed by atoms with Crippen LogP contribution in [0.2, 0.25) is 10.2 Å². The molecule has 5 nitrogen and oxygen atoms in total. The first-order chi connectivity index (χ1) is 11.0. The predicted molar refractivity (Wildman–Crippen MR) is 97.8 cm³/mol. The SMILES string of the molecule is Cc1nn(-c2cccc(Cl)c2)c(Cl)c1/C=N/N1C(=O)CSC1=S.